The van der Waals surface area contributed by atoms with Gasteiger partial charge in [0.1, 0.15) is 5.82 Å². The second kappa shape index (κ2) is 7.64. The Balaban J connectivity index is 2.22. The summed E-state index contributed by atoms with van der Waals surface area (Å²) < 4.78 is 3.54. The van der Waals surface area contributed by atoms with Crippen LogP contribution < -0.4 is 0 Å². The molecule has 20 heavy (non-hydrogen) atoms. The van der Waals surface area contributed by atoms with E-state index in [1.165, 1.54) is 41.2 Å². The quantitative estimate of drug-likeness (QED) is 0.318. The van der Waals surface area contributed by atoms with Crippen LogP contribution >= 0.6 is 34.2 Å². The summed E-state index contributed by atoms with van der Waals surface area (Å²) in [7, 11) is 0. The number of imidazole rings is 1. The van der Waals surface area contributed by atoms with Crippen LogP contribution in [-0.2, 0) is 5.88 Å². The zero-order chi connectivity index (χ0) is 14.5. The van der Waals surface area contributed by atoms with Crippen molar-refractivity contribution in [1.29, 1.82) is 0 Å². The van der Waals surface area contributed by atoms with Crippen LogP contribution in [-0.4, -0.2) is 9.55 Å². The number of alkyl halides is 1. The molecule has 0 bridgehead atoms. The van der Waals surface area contributed by atoms with Crippen molar-refractivity contribution in [2.45, 2.75) is 57.9 Å². The number of halogens is 2. The number of fused-ring (bicyclic) bond motifs is 1. The van der Waals surface area contributed by atoms with Gasteiger partial charge in [-0.2, -0.15) is 0 Å². The summed E-state index contributed by atoms with van der Waals surface area (Å²) in [6.45, 7) is 4.53. The van der Waals surface area contributed by atoms with Gasteiger partial charge in [0, 0.05) is 9.61 Å². The van der Waals surface area contributed by atoms with Gasteiger partial charge in [0.2, 0.25) is 0 Å². The summed E-state index contributed by atoms with van der Waals surface area (Å²) in [4.78, 5) is 4.68. The van der Waals surface area contributed by atoms with Crippen LogP contribution in [0.1, 0.15) is 57.8 Å². The fourth-order valence-corrected chi connectivity index (χ4v) is 3.37. The van der Waals surface area contributed by atoms with Crippen molar-refractivity contribution >= 4 is 45.2 Å². The average Bonchev–Trinajstić information content (AvgIpc) is 2.80. The third-order valence-electron chi connectivity index (χ3n) is 3.76. The van der Waals surface area contributed by atoms with Gasteiger partial charge in [-0.1, -0.05) is 32.6 Å². The molecule has 2 rings (SSSR count). The fourth-order valence-electron chi connectivity index (χ4n) is 2.70. The van der Waals surface area contributed by atoms with Gasteiger partial charge in [0.25, 0.3) is 0 Å². The van der Waals surface area contributed by atoms with Crippen molar-refractivity contribution in [1.82, 2.24) is 9.55 Å². The normalized spacial score (nSPS) is 13.0. The maximum Gasteiger partial charge on any atom is 0.125 e. The summed E-state index contributed by atoms with van der Waals surface area (Å²) in [6, 6.07) is 6.91. The van der Waals surface area contributed by atoms with Crippen molar-refractivity contribution in [3.05, 3.63) is 27.6 Å². The lowest BCUT2D eigenvalue weighted by molar-refractivity contribution is 0.473. The zero-order valence-electron chi connectivity index (χ0n) is 12.2. The monoisotopic (exact) mass is 404 g/mol. The minimum atomic E-state index is 0.464. The Hall–Kier alpha value is -0.290. The highest BCUT2D eigenvalue weighted by molar-refractivity contribution is 14.1. The Morgan fingerprint density at radius 3 is 2.80 bits per heavy atom. The molecule has 110 valence electrons. The third-order valence-corrected chi connectivity index (χ3v) is 4.67. The lowest BCUT2D eigenvalue weighted by atomic mass is 10.1. The Labute approximate surface area is 140 Å². The molecule has 1 unspecified atom stereocenters. The highest BCUT2D eigenvalue weighted by Gasteiger charge is 2.15. The van der Waals surface area contributed by atoms with Crippen molar-refractivity contribution in [2.24, 2.45) is 0 Å². The smallest absolute Gasteiger partial charge is 0.125 e. The summed E-state index contributed by atoms with van der Waals surface area (Å²) in [5.41, 5.74) is 2.28. The molecule has 0 fully saturated rings. The number of hydrogen-bond donors (Lipinski definition) is 0. The molecule has 0 spiro atoms. The van der Waals surface area contributed by atoms with Gasteiger partial charge in [-0.05, 0) is 54.1 Å². The van der Waals surface area contributed by atoms with E-state index in [9.17, 15) is 0 Å². The Morgan fingerprint density at radius 2 is 2.10 bits per heavy atom. The van der Waals surface area contributed by atoms with Crippen LogP contribution in [0, 0.1) is 3.57 Å². The molecule has 1 atom stereocenters. The minimum Gasteiger partial charge on any atom is -0.324 e. The molecule has 1 heterocycles. The van der Waals surface area contributed by atoms with Gasteiger partial charge in [0.05, 0.1) is 16.9 Å². The maximum atomic E-state index is 6.09. The molecule has 0 N–H and O–H groups in total. The van der Waals surface area contributed by atoms with Gasteiger partial charge >= 0.3 is 0 Å². The topological polar surface area (TPSA) is 17.8 Å². The first kappa shape index (κ1) is 16.1. The minimum absolute atomic E-state index is 0.464. The first-order valence-corrected chi connectivity index (χ1v) is 9.01. The highest BCUT2D eigenvalue weighted by Crippen LogP contribution is 2.26. The number of aromatic nitrogens is 2. The van der Waals surface area contributed by atoms with Crippen molar-refractivity contribution in [3.8, 4) is 0 Å². The standard InChI is InChI=1S/C16H22ClIN2/c1-3-4-5-6-7-12(2)20-15-9-8-13(18)10-14(15)19-16(20)11-17/h8-10,12H,3-7,11H2,1-2H3. The van der Waals surface area contributed by atoms with E-state index in [4.69, 9.17) is 11.6 Å². The molecule has 1 aromatic carbocycles. The number of nitrogens with zero attached hydrogens (tertiary/aromatic N) is 2. The summed E-state index contributed by atoms with van der Waals surface area (Å²) in [6.07, 6.45) is 6.41. The van der Waals surface area contributed by atoms with E-state index in [1.807, 2.05) is 0 Å². The Morgan fingerprint density at radius 1 is 1.30 bits per heavy atom. The highest BCUT2D eigenvalue weighted by atomic mass is 127. The number of rotatable bonds is 7. The lowest BCUT2D eigenvalue weighted by Gasteiger charge is -2.17. The molecule has 0 aliphatic heterocycles. The van der Waals surface area contributed by atoms with Gasteiger partial charge < -0.3 is 4.57 Å². The maximum absolute atomic E-state index is 6.09. The Bertz CT molecular complexity index is 565. The molecular formula is C16H22ClIN2. The molecule has 0 saturated heterocycles. The van der Waals surface area contributed by atoms with E-state index >= 15 is 0 Å². The molecule has 0 aliphatic carbocycles. The van der Waals surface area contributed by atoms with Crippen molar-refractivity contribution in [3.63, 3.8) is 0 Å². The van der Waals surface area contributed by atoms with E-state index in [0.29, 0.717) is 11.9 Å². The molecule has 2 aromatic rings. The van der Waals surface area contributed by atoms with Gasteiger partial charge in [-0.25, -0.2) is 4.98 Å². The first-order valence-electron chi connectivity index (χ1n) is 7.39. The van der Waals surface area contributed by atoms with Gasteiger partial charge in [-0.3, -0.25) is 0 Å². The number of benzene rings is 1. The summed E-state index contributed by atoms with van der Waals surface area (Å²) >= 11 is 8.41. The summed E-state index contributed by atoms with van der Waals surface area (Å²) in [5.74, 6) is 1.47. The molecule has 1 aromatic heterocycles. The van der Waals surface area contributed by atoms with Gasteiger partial charge in [-0.15, -0.1) is 11.6 Å². The molecule has 0 amide bonds. The van der Waals surface area contributed by atoms with Crippen LogP contribution in [0.2, 0.25) is 0 Å². The second-order valence-corrected chi connectivity index (χ2v) is 6.88. The average molecular weight is 405 g/mol. The van der Waals surface area contributed by atoms with E-state index in [2.05, 4.69) is 64.2 Å². The van der Waals surface area contributed by atoms with Crippen LogP contribution in [0.5, 0.6) is 0 Å². The van der Waals surface area contributed by atoms with Crippen molar-refractivity contribution < 1.29 is 0 Å². The van der Waals surface area contributed by atoms with E-state index in [1.54, 1.807) is 0 Å². The van der Waals surface area contributed by atoms with Crippen molar-refractivity contribution in [2.75, 3.05) is 0 Å². The largest absolute Gasteiger partial charge is 0.324 e. The summed E-state index contributed by atoms with van der Waals surface area (Å²) in [5, 5.41) is 0. The predicted molar refractivity (Wildman–Crippen MR) is 95.5 cm³/mol. The molecule has 0 saturated carbocycles. The van der Waals surface area contributed by atoms with E-state index in [-0.39, 0.29) is 0 Å². The van der Waals surface area contributed by atoms with Crippen LogP contribution in [0.25, 0.3) is 11.0 Å². The Kier molecular flexibility index (Phi) is 6.15. The zero-order valence-corrected chi connectivity index (χ0v) is 15.1. The fraction of sp³-hybridized carbons (Fsp3) is 0.562. The number of unbranched alkanes of at least 4 members (excludes halogenated alkanes) is 3. The SMILES string of the molecule is CCCCCCC(C)n1c(CCl)nc2cc(I)ccc21. The second-order valence-electron chi connectivity index (χ2n) is 5.36. The number of hydrogen-bond acceptors (Lipinski definition) is 1. The molecule has 0 aliphatic rings. The third kappa shape index (κ3) is 3.67. The predicted octanol–water partition coefficient (Wildman–Crippen LogP) is 5.91. The van der Waals surface area contributed by atoms with Crippen LogP contribution in [0.3, 0.4) is 0 Å². The molecule has 2 nitrogen and oxygen atoms in total. The van der Waals surface area contributed by atoms with E-state index < -0.39 is 0 Å². The lowest BCUT2D eigenvalue weighted by Crippen LogP contribution is -2.08. The van der Waals surface area contributed by atoms with Crippen LogP contribution in [0.4, 0.5) is 0 Å². The van der Waals surface area contributed by atoms with Crippen LogP contribution in [0.15, 0.2) is 18.2 Å². The molecule has 4 heteroatoms. The van der Waals surface area contributed by atoms with Gasteiger partial charge in [0.15, 0.2) is 0 Å². The van der Waals surface area contributed by atoms with E-state index in [0.717, 1.165) is 11.3 Å². The molecule has 0 radical (unpaired) electrons. The molecular weight excluding hydrogens is 383 g/mol. The first-order chi connectivity index (χ1) is 9.67.